The van der Waals surface area contributed by atoms with Crippen molar-refractivity contribution in [3.8, 4) is 28.6 Å². The Morgan fingerprint density at radius 1 is 1.15 bits per heavy atom. The molecule has 0 aliphatic heterocycles. The van der Waals surface area contributed by atoms with E-state index in [4.69, 9.17) is 18.7 Å². The van der Waals surface area contributed by atoms with E-state index in [9.17, 15) is 4.79 Å². The normalized spacial score (nSPS) is 14.3. The standard InChI is InChI=1S/C18H23N3O5/c1-23-13-8-12(9-14(24-2)16(13)25-3)17-20-15(26-21-17)10-19-18(22)11-6-4-5-7-11/h8-9,11H,4-7,10H2,1-3H3,(H,19,22). The number of methoxy groups -OCH3 is 3. The second-order valence-corrected chi connectivity index (χ2v) is 6.12. The molecule has 0 atom stereocenters. The molecule has 0 radical (unpaired) electrons. The monoisotopic (exact) mass is 361 g/mol. The smallest absolute Gasteiger partial charge is 0.246 e. The maximum Gasteiger partial charge on any atom is 0.246 e. The summed E-state index contributed by atoms with van der Waals surface area (Å²) in [6, 6.07) is 3.49. The van der Waals surface area contributed by atoms with Crippen molar-refractivity contribution in [2.45, 2.75) is 32.2 Å². The first-order chi connectivity index (χ1) is 12.7. The van der Waals surface area contributed by atoms with Gasteiger partial charge in [-0.25, -0.2) is 0 Å². The number of benzene rings is 1. The van der Waals surface area contributed by atoms with Crippen LogP contribution in [0.4, 0.5) is 0 Å². The molecule has 8 nitrogen and oxygen atoms in total. The van der Waals surface area contributed by atoms with Crippen LogP contribution in [0.25, 0.3) is 11.4 Å². The lowest BCUT2D eigenvalue weighted by atomic mass is 10.1. The maximum atomic E-state index is 12.1. The number of rotatable bonds is 7. The van der Waals surface area contributed by atoms with Crippen LogP contribution in [0.15, 0.2) is 16.7 Å². The van der Waals surface area contributed by atoms with Gasteiger partial charge in [0.05, 0.1) is 27.9 Å². The molecule has 1 aromatic heterocycles. The van der Waals surface area contributed by atoms with Crippen molar-refractivity contribution in [3.63, 3.8) is 0 Å². The third-order valence-corrected chi connectivity index (χ3v) is 4.53. The SMILES string of the molecule is COc1cc(-c2noc(CNC(=O)C3CCCC3)n2)cc(OC)c1OC. The minimum atomic E-state index is 0.0510. The molecule has 140 valence electrons. The van der Waals surface area contributed by atoms with Crippen LogP contribution in [0.2, 0.25) is 0 Å². The Bertz CT molecular complexity index is 743. The number of carbonyl (C=O) groups is 1. The Labute approximate surface area is 151 Å². The fraction of sp³-hybridized carbons (Fsp3) is 0.500. The van der Waals surface area contributed by atoms with Gasteiger partial charge < -0.3 is 24.1 Å². The van der Waals surface area contributed by atoms with Crippen LogP contribution in [0, 0.1) is 5.92 Å². The second-order valence-electron chi connectivity index (χ2n) is 6.12. The minimum absolute atomic E-state index is 0.0510. The molecule has 1 saturated carbocycles. The fourth-order valence-electron chi connectivity index (χ4n) is 3.15. The number of nitrogens with zero attached hydrogens (tertiary/aromatic N) is 2. The van der Waals surface area contributed by atoms with Crippen LogP contribution in [-0.4, -0.2) is 37.4 Å². The van der Waals surface area contributed by atoms with E-state index in [2.05, 4.69) is 15.5 Å². The zero-order chi connectivity index (χ0) is 18.5. The lowest BCUT2D eigenvalue weighted by Gasteiger charge is -2.12. The average Bonchev–Trinajstić information content (AvgIpc) is 3.36. The van der Waals surface area contributed by atoms with E-state index in [-0.39, 0.29) is 18.4 Å². The highest BCUT2D eigenvalue weighted by Gasteiger charge is 2.23. The summed E-state index contributed by atoms with van der Waals surface area (Å²) in [7, 11) is 4.63. The zero-order valence-corrected chi connectivity index (χ0v) is 15.2. The van der Waals surface area contributed by atoms with Crippen molar-refractivity contribution < 1.29 is 23.5 Å². The minimum Gasteiger partial charge on any atom is -0.493 e. The first-order valence-electron chi connectivity index (χ1n) is 8.57. The van der Waals surface area contributed by atoms with Crippen LogP contribution >= 0.6 is 0 Å². The molecule has 0 bridgehead atoms. The number of carbonyl (C=O) groups excluding carboxylic acids is 1. The van der Waals surface area contributed by atoms with E-state index in [0.717, 1.165) is 25.7 Å². The van der Waals surface area contributed by atoms with Gasteiger partial charge in [-0.05, 0) is 25.0 Å². The molecular weight excluding hydrogens is 338 g/mol. The fourth-order valence-corrected chi connectivity index (χ4v) is 3.15. The van der Waals surface area contributed by atoms with E-state index >= 15 is 0 Å². The molecule has 26 heavy (non-hydrogen) atoms. The van der Waals surface area contributed by atoms with Gasteiger partial charge in [-0.1, -0.05) is 18.0 Å². The highest BCUT2D eigenvalue weighted by molar-refractivity contribution is 5.78. The molecule has 1 fully saturated rings. The lowest BCUT2D eigenvalue weighted by molar-refractivity contribution is -0.125. The van der Waals surface area contributed by atoms with Gasteiger partial charge in [0.25, 0.3) is 0 Å². The van der Waals surface area contributed by atoms with Gasteiger partial charge in [-0.2, -0.15) is 4.98 Å². The second kappa shape index (κ2) is 8.07. The van der Waals surface area contributed by atoms with Gasteiger partial charge in [0.2, 0.25) is 23.4 Å². The summed E-state index contributed by atoms with van der Waals surface area (Å²) in [6.45, 7) is 0.215. The van der Waals surface area contributed by atoms with Gasteiger partial charge in [0, 0.05) is 11.5 Å². The Morgan fingerprint density at radius 3 is 2.38 bits per heavy atom. The molecule has 2 aromatic rings. The Kier molecular flexibility index (Phi) is 5.60. The lowest BCUT2D eigenvalue weighted by Crippen LogP contribution is -2.28. The van der Waals surface area contributed by atoms with Crippen LogP contribution in [-0.2, 0) is 11.3 Å². The van der Waals surface area contributed by atoms with Crippen LogP contribution in [0.1, 0.15) is 31.6 Å². The molecule has 1 aliphatic rings. The summed E-state index contributed by atoms with van der Waals surface area (Å²) in [5.74, 6) is 2.38. The van der Waals surface area contributed by atoms with Crippen LogP contribution in [0.5, 0.6) is 17.2 Å². The molecule has 0 saturated heterocycles. The highest BCUT2D eigenvalue weighted by Crippen LogP contribution is 2.40. The van der Waals surface area contributed by atoms with Gasteiger partial charge >= 0.3 is 0 Å². The average molecular weight is 361 g/mol. The number of ether oxygens (including phenoxy) is 3. The zero-order valence-electron chi connectivity index (χ0n) is 15.2. The molecule has 0 spiro atoms. The predicted octanol–water partition coefficient (Wildman–Crippen LogP) is 2.57. The van der Waals surface area contributed by atoms with Crippen molar-refractivity contribution in [1.82, 2.24) is 15.5 Å². The maximum absolute atomic E-state index is 12.1. The Hall–Kier alpha value is -2.77. The molecule has 1 N–H and O–H groups in total. The van der Waals surface area contributed by atoms with Crippen molar-refractivity contribution in [3.05, 3.63) is 18.0 Å². The molecule has 1 aromatic carbocycles. The van der Waals surface area contributed by atoms with E-state index in [1.165, 1.54) is 0 Å². The number of hydrogen-bond acceptors (Lipinski definition) is 7. The van der Waals surface area contributed by atoms with Gasteiger partial charge in [0.1, 0.15) is 0 Å². The highest BCUT2D eigenvalue weighted by atomic mass is 16.5. The third kappa shape index (κ3) is 3.74. The third-order valence-electron chi connectivity index (χ3n) is 4.53. The van der Waals surface area contributed by atoms with Crippen LogP contribution < -0.4 is 19.5 Å². The Balaban J connectivity index is 1.73. The Morgan fingerprint density at radius 2 is 1.81 bits per heavy atom. The number of amides is 1. The number of nitrogens with one attached hydrogen (secondary N) is 1. The summed E-state index contributed by atoms with van der Waals surface area (Å²) < 4.78 is 21.2. The van der Waals surface area contributed by atoms with Crippen molar-refractivity contribution >= 4 is 5.91 Å². The first-order valence-corrected chi connectivity index (χ1v) is 8.57. The van der Waals surface area contributed by atoms with Gasteiger partial charge in [-0.3, -0.25) is 4.79 Å². The first kappa shape index (κ1) is 18.0. The molecular formula is C18H23N3O5. The number of hydrogen-bond donors (Lipinski definition) is 1. The molecule has 8 heteroatoms. The van der Waals surface area contributed by atoms with Crippen molar-refractivity contribution in [2.24, 2.45) is 5.92 Å². The summed E-state index contributed by atoms with van der Waals surface area (Å²) in [5, 5.41) is 6.84. The quantitative estimate of drug-likeness (QED) is 0.809. The van der Waals surface area contributed by atoms with E-state index in [1.54, 1.807) is 33.5 Å². The summed E-state index contributed by atoms with van der Waals surface area (Å²) in [4.78, 5) is 16.4. The summed E-state index contributed by atoms with van der Waals surface area (Å²) in [5.41, 5.74) is 0.664. The van der Waals surface area contributed by atoms with Crippen LogP contribution in [0.3, 0.4) is 0 Å². The van der Waals surface area contributed by atoms with Gasteiger partial charge in [0.15, 0.2) is 11.5 Å². The molecule has 0 unspecified atom stereocenters. The summed E-state index contributed by atoms with van der Waals surface area (Å²) in [6.07, 6.45) is 4.13. The number of aromatic nitrogens is 2. The molecule has 1 heterocycles. The molecule has 1 aliphatic carbocycles. The van der Waals surface area contributed by atoms with Crippen molar-refractivity contribution in [2.75, 3.05) is 21.3 Å². The van der Waals surface area contributed by atoms with E-state index in [0.29, 0.717) is 34.5 Å². The van der Waals surface area contributed by atoms with E-state index < -0.39 is 0 Å². The topological polar surface area (TPSA) is 95.7 Å². The largest absolute Gasteiger partial charge is 0.493 e. The van der Waals surface area contributed by atoms with E-state index in [1.807, 2.05) is 0 Å². The van der Waals surface area contributed by atoms with Gasteiger partial charge in [-0.15, -0.1) is 0 Å². The molecule has 3 rings (SSSR count). The summed E-state index contributed by atoms with van der Waals surface area (Å²) >= 11 is 0. The molecule has 1 amide bonds. The predicted molar refractivity (Wildman–Crippen MR) is 93.2 cm³/mol. The van der Waals surface area contributed by atoms with Crippen molar-refractivity contribution in [1.29, 1.82) is 0 Å².